The molecule has 0 saturated carbocycles. The normalized spacial score (nSPS) is 15.8. The molecule has 0 spiro atoms. The van der Waals surface area contributed by atoms with E-state index in [2.05, 4.69) is 20.6 Å². The number of carbonyl (C=O) groups excluding carboxylic acids is 1. The summed E-state index contributed by atoms with van der Waals surface area (Å²) in [4.78, 5) is 22.0. The third-order valence-corrected chi connectivity index (χ3v) is 4.92. The van der Waals surface area contributed by atoms with Crippen molar-refractivity contribution >= 4 is 17.4 Å². The lowest BCUT2D eigenvalue weighted by atomic mass is 10.2. The summed E-state index contributed by atoms with van der Waals surface area (Å²) in [5.74, 6) is 0.862. The summed E-state index contributed by atoms with van der Waals surface area (Å²) in [7, 11) is 0. The maximum Gasteiger partial charge on any atom is 0.274 e. The van der Waals surface area contributed by atoms with Gasteiger partial charge in [0.05, 0.1) is 6.10 Å². The number of benzene rings is 2. The van der Waals surface area contributed by atoms with Crippen LogP contribution in [0.4, 0.5) is 11.5 Å². The first kappa shape index (κ1) is 19.1. The van der Waals surface area contributed by atoms with Crippen molar-refractivity contribution in [3.8, 4) is 11.4 Å². The summed E-state index contributed by atoms with van der Waals surface area (Å²) >= 11 is 0. The van der Waals surface area contributed by atoms with Gasteiger partial charge in [-0.25, -0.2) is 9.97 Å². The standard InChI is InChI=1S/C23H24N4O2/c1-16-8-5-6-12-19(16)26-23(28)20-14-21(24-15-18-11-7-13-29-18)27-22(25-20)17-9-3-2-4-10-17/h2-6,8-10,12,14,18H,7,11,13,15H2,1H3,(H,26,28)(H,24,25,27). The Kier molecular flexibility index (Phi) is 5.81. The van der Waals surface area contributed by atoms with Gasteiger partial charge in [0.15, 0.2) is 5.82 Å². The molecule has 1 unspecified atom stereocenters. The van der Waals surface area contributed by atoms with E-state index in [-0.39, 0.29) is 12.0 Å². The summed E-state index contributed by atoms with van der Waals surface area (Å²) in [6.45, 7) is 3.42. The Labute approximate surface area is 170 Å². The maximum atomic E-state index is 12.9. The van der Waals surface area contributed by atoms with E-state index in [1.165, 1.54) is 0 Å². The number of aromatic nitrogens is 2. The average molecular weight is 388 g/mol. The quantitative estimate of drug-likeness (QED) is 0.659. The van der Waals surface area contributed by atoms with Crippen molar-refractivity contribution in [2.45, 2.75) is 25.9 Å². The predicted molar refractivity (Wildman–Crippen MR) is 114 cm³/mol. The first-order chi connectivity index (χ1) is 14.2. The zero-order chi connectivity index (χ0) is 20.1. The van der Waals surface area contributed by atoms with Gasteiger partial charge in [-0.3, -0.25) is 4.79 Å². The van der Waals surface area contributed by atoms with E-state index in [9.17, 15) is 4.79 Å². The van der Waals surface area contributed by atoms with Gasteiger partial charge in [0.2, 0.25) is 0 Å². The fourth-order valence-electron chi connectivity index (χ4n) is 3.29. The molecule has 1 atom stereocenters. The molecular weight excluding hydrogens is 364 g/mol. The molecule has 29 heavy (non-hydrogen) atoms. The van der Waals surface area contributed by atoms with E-state index in [4.69, 9.17) is 4.74 Å². The van der Waals surface area contributed by atoms with Gasteiger partial charge in [0.25, 0.3) is 5.91 Å². The smallest absolute Gasteiger partial charge is 0.274 e. The highest BCUT2D eigenvalue weighted by molar-refractivity contribution is 6.03. The van der Waals surface area contributed by atoms with Crippen LogP contribution in [0.15, 0.2) is 60.7 Å². The van der Waals surface area contributed by atoms with Gasteiger partial charge >= 0.3 is 0 Å². The molecule has 2 N–H and O–H groups in total. The number of amides is 1. The van der Waals surface area contributed by atoms with Crippen LogP contribution in [0.25, 0.3) is 11.4 Å². The molecule has 1 aliphatic heterocycles. The number of carbonyl (C=O) groups is 1. The fourth-order valence-corrected chi connectivity index (χ4v) is 3.29. The SMILES string of the molecule is Cc1ccccc1NC(=O)c1cc(NCC2CCCO2)nc(-c2ccccc2)n1. The Morgan fingerprint density at radius 2 is 1.90 bits per heavy atom. The van der Waals surface area contributed by atoms with Crippen LogP contribution in [0, 0.1) is 6.92 Å². The molecule has 1 aromatic heterocycles. The van der Waals surface area contributed by atoms with Crippen molar-refractivity contribution in [3.05, 3.63) is 71.9 Å². The highest BCUT2D eigenvalue weighted by atomic mass is 16.5. The highest BCUT2D eigenvalue weighted by Crippen LogP contribution is 2.20. The number of hydrogen-bond acceptors (Lipinski definition) is 5. The Balaban J connectivity index is 1.61. The molecule has 148 valence electrons. The van der Waals surface area contributed by atoms with Crippen LogP contribution >= 0.6 is 0 Å². The van der Waals surface area contributed by atoms with Gasteiger partial charge < -0.3 is 15.4 Å². The molecule has 1 amide bonds. The Bertz CT molecular complexity index is 985. The van der Waals surface area contributed by atoms with Crippen molar-refractivity contribution in [1.29, 1.82) is 0 Å². The minimum atomic E-state index is -0.265. The number of rotatable bonds is 6. The van der Waals surface area contributed by atoms with Crippen LogP contribution < -0.4 is 10.6 Å². The van der Waals surface area contributed by atoms with Crippen molar-refractivity contribution < 1.29 is 9.53 Å². The molecule has 0 bridgehead atoms. The van der Waals surface area contributed by atoms with Crippen LogP contribution in [0.3, 0.4) is 0 Å². The molecule has 1 saturated heterocycles. The minimum absolute atomic E-state index is 0.175. The van der Waals surface area contributed by atoms with Crippen LogP contribution in [0.2, 0.25) is 0 Å². The number of nitrogens with one attached hydrogen (secondary N) is 2. The van der Waals surface area contributed by atoms with Gasteiger partial charge in [-0.1, -0.05) is 48.5 Å². The van der Waals surface area contributed by atoms with E-state index in [0.717, 1.165) is 36.3 Å². The third-order valence-electron chi connectivity index (χ3n) is 4.92. The van der Waals surface area contributed by atoms with E-state index >= 15 is 0 Å². The molecule has 4 rings (SSSR count). The predicted octanol–water partition coefficient (Wildman–Crippen LogP) is 4.30. The molecule has 3 aromatic rings. The van der Waals surface area contributed by atoms with Crippen LogP contribution in [-0.4, -0.2) is 35.1 Å². The van der Waals surface area contributed by atoms with Gasteiger partial charge in [-0.05, 0) is 31.4 Å². The summed E-state index contributed by atoms with van der Waals surface area (Å²) < 4.78 is 5.67. The summed E-state index contributed by atoms with van der Waals surface area (Å²) in [5.41, 5.74) is 2.94. The average Bonchev–Trinajstić information content (AvgIpc) is 3.28. The lowest BCUT2D eigenvalue weighted by Gasteiger charge is -2.14. The van der Waals surface area contributed by atoms with Gasteiger partial charge in [-0.15, -0.1) is 0 Å². The second kappa shape index (κ2) is 8.84. The third kappa shape index (κ3) is 4.78. The number of hydrogen-bond donors (Lipinski definition) is 2. The second-order valence-corrected chi connectivity index (χ2v) is 7.11. The molecule has 2 heterocycles. The first-order valence-electron chi connectivity index (χ1n) is 9.86. The Hall–Kier alpha value is -3.25. The van der Waals surface area contributed by atoms with E-state index < -0.39 is 0 Å². The molecule has 6 nitrogen and oxygen atoms in total. The molecule has 1 aliphatic rings. The summed E-state index contributed by atoms with van der Waals surface area (Å²) in [6, 6.07) is 19.0. The van der Waals surface area contributed by atoms with Crippen molar-refractivity contribution in [3.63, 3.8) is 0 Å². The number of ether oxygens (including phenoxy) is 1. The topological polar surface area (TPSA) is 76.1 Å². The Morgan fingerprint density at radius 1 is 1.10 bits per heavy atom. The van der Waals surface area contributed by atoms with Crippen LogP contribution in [0.1, 0.15) is 28.9 Å². The van der Waals surface area contributed by atoms with Crippen molar-refractivity contribution in [1.82, 2.24) is 9.97 Å². The number of nitrogens with zero attached hydrogens (tertiary/aromatic N) is 2. The highest BCUT2D eigenvalue weighted by Gasteiger charge is 2.17. The second-order valence-electron chi connectivity index (χ2n) is 7.11. The lowest BCUT2D eigenvalue weighted by Crippen LogP contribution is -2.20. The molecular formula is C23H24N4O2. The molecule has 0 aliphatic carbocycles. The fraction of sp³-hybridized carbons (Fsp3) is 0.261. The summed E-state index contributed by atoms with van der Waals surface area (Å²) in [6.07, 6.45) is 2.29. The Morgan fingerprint density at radius 3 is 2.66 bits per heavy atom. The number of aryl methyl sites for hydroxylation is 1. The monoisotopic (exact) mass is 388 g/mol. The van der Waals surface area contributed by atoms with Crippen molar-refractivity contribution in [2.75, 3.05) is 23.8 Å². The zero-order valence-corrected chi connectivity index (χ0v) is 16.4. The molecule has 2 aromatic carbocycles. The van der Waals surface area contributed by atoms with Gasteiger partial charge in [-0.2, -0.15) is 0 Å². The number of anilines is 2. The first-order valence-corrected chi connectivity index (χ1v) is 9.86. The maximum absolute atomic E-state index is 12.9. The van der Waals surface area contributed by atoms with E-state index in [1.807, 2.05) is 61.5 Å². The largest absolute Gasteiger partial charge is 0.376 e. The molecule has 0 radical (unpaired) electrons. The van der Waals surface area contributed by atoms with Gasteiger partial charge in [0.1, 0.15) is 11.5 Å². The van der Waals surface area contributed by atoms with E-state index in [0.29, 0.717) is 23.9 Å². The van der Waals surface area contributed by atoms with E-state index in [1.54, 1.807) is 6.07 Å². The zero-order valence-electron chi connectivity index (χ0n) is 16.4. The molecule has 6 heteroatoms. The minimum Gasteiger partial charge on any atom is -0.376 e. The van der Waals surface area contributed by atoms with Crippen molar-refractivity contribution in [2.24, 2.45) is 0 Å². The van der Waals surface area contributed by atoms with Crippen LogP contribution in [-0.2, 0) is 4.74 Å². The van der Waals surface area contributed by atoms with Gasteiger partial charge in [0, 0.05) is 30.5 Å². The summed E-state index contributed by atoms with van der Waals surface area (Å²) in [5, 5.41) is 6.26. The molecule has 1 fully saturated rings. The van der Waals surface area contributed by atoms with Crippen LogP contribution in [0.5, 0.6) is 0 Å². The number of para-hydroxylation sites is 1. The lowest BCUT2D eigenvalue weighted by molar-refractivity contribution is 0.102.